The number of amides is 2. The summed E-state index contributed by atoms with van der Waals surface area (Å²) in [6, 6.07) is 3.06. The number of nitrogens with zero attached hydrogens (tertiary/aromatic N) is 1. The fourth-order valence-corrected chi connectivity index (χ4v) is 3.02. The molecule has 1 aromatic carbocycles. The number of carboxylic acid groups (broad SMARTS) is 1. The lowest BCUT2D eigenvalue weighted by Gasteiger charge is -2.30. The van der Waals surface area contributed by atoms with Gasteiger partial charge in [-0.25, -0.2) is 14.1 Å². The monoisotopic (exact) mass is 277 g/mol. The van der Waals surface area contributed by atoms with Gasteiger partial charge in [0, 0.05) is 11.8 Å². The first-order valence-corrected chi connectivity index (χ1v) is 6.39. The zero-order chi connectivity index (χ0) is 14.4. The van der Waals surface area contributed by atoms with Gasteiger partial charge in [0.15, 0.2) is 0 Å². The van der Waals surface area contributed by atoms with Crippen molar-refractivity contribution >= 4 is 23.5 Å². The van der Waals surface area contributed by atoms with Gasteiger partial charge in [0.05, 0.1) is 11.3 Å². The van der Waals surface area contributed by atoms with E-state index in [0.717, 1.165) is 17.0 Å². The largest absolute Gasteiger partial charge is 0.478 e. The predicted octanol–water partition coefficient (Wildman–Crippen LogP) is 1.81. The Labute approximate surface area is 114 Å². The minimum absolute atomic E-state index is 0.0366. The molecule has 0 aromatic heterocycles. The first kappa shape index (κ1) is 12.8. The molecule has 3 rings (SSSR count). The molecule has 1 aliphatic carbocycles. The molecule has 6 heteroatoms. The number of carboxylic acids is 1. The molecule has 1 saturated heterocycles. The maximum atomic E-state index is 13.2. The Balaban J connectivity index is 2.10. The van der Waals surface area contributed by atoms with Crippen molar-refractivity contribution in [2.45, 2.75) is 19.3 Å². The summed E-state index contributed by atoms with van der Waals surface area (Å²) in [5.41, 5.74) is -0.404. The molecule has 2 aliphatic rings. The smallest absolute Gasteiger partial charge is 0.337 e. The molecule has 5 nitrogen and oxygen atoms in total. The summed E-state index contributed by atoms with van der Waals surface area (Å²) in [5, 5.41) is 9.12. The Bertz CT molecular complexity index is 606. The number of hydrogen-bond donors (Lipinski definition) is 1. The summed E-state index contributed by atoms with van der Waals surface area (Å²) < 4.78 is 13.2. The number of fused-ring (bicyclic) bond motifs is 2. The van der Waals surface area contributed by atoms with Crippen LogP contribution in [0.15, 0.2) is 18.2 Å². The highest BCUT2D eigenvalue weighted by atomic mass is 19.1. The minimum atomic E-state index is -1.36. The number of aromatic carboxylic acids is 1. The van der Waals surface area contributed by atoms with Crippen molar-refractivity contribution < 1.29 is 23.9 Å². The molecule has 1 aliphatic heterocycles. The third-order valence-corrected chi connectivity index (χ3v) is 4.00. The van der Waals surface area contributed by atoms with Crippen LogP contribution >= 0.6 is 0 Å². The topological polar surface area (TPSA) is 74.7 Å². The summed E-state index contributed by atoms with van der Waals surface area (Å²) in [7, 11) is 0. The molecular formula is C14H12FNO4. The highest BCUT2D eigenvalue weighted by molar-refractivity contribution is 6.20. The third kappa shape index (κ3) is 1.79. The van der Waals surface area contributed by atoms with Crippen molar-refractivity contribution in [2.75, 3.05) is 4.90 Å². The van der Waals surface area contributed by atoms with Gasteiger partial charge in [-0.05, 0) is 37.5 Å². The average Bonchev–Trinajstić information content (AvgIpc) is 2.85. The molecule has 2 amide bonds. The summed E-state index contributed by atoms with van der Waals surface area (Å²) in [4.78, 5) is 36.7. The van der Waals surface area contributed by atoms with Crippen LogP contribution in [0.25, 0.3) is 0 Å². The number of piperidine rings is 1. The van der Waals surface area contributed by atoms with Crippen molar-refractivity contribution in [3.05, 3.63) is 29.6 Å². The van der Waals surface area contributed by atoms with E-state index < -0.39 is 11.8 Å². The van der Waals surface area contributed by atoms with E-state index in [1.54, 1.807) is 0 Å². The number of carbonyl (C=O) groups is 3. The number of carbonyl (C=O) groups excluding carboxylic acids is 2. The number of halogens is 1. The molecule has 0 spiro atoms. The summed E-state index contributed by atoms with van der Waals surface area (Å²) in [6.07, 6.45) is 1.84. The number of rotatable bonds is 2. The Kier molecular flexibility index (Phi) is 2.81. The lowest BCUT2D eigenvalue weighted by atomic mass is 9.95. The van der Waals surface area contributed by atoms with Crippen molar-refractivity contribution in [3.63, 3.8) is 0 Å². The molecule has 2 bridgehead atoms. The lowest BCUT2D eigenvalue weighted by molar-refractivity contribution is -0.133. The van der Waals surface area contributed by atoms with Gasteiger partial charge in [0.2, 0.25) is 11.8 Å². The number of imide groups is 1. The SMILES string of the molecule is O=C(O)c1cc(F)ccc1N1C(=O)C2CCC(C2)C1=O. The zero-order valence-corrected chi connectivity index (χ0v) is 10.5. The van der Waals surface area contributed by atoms with Crippen LogP contribution in [0.1, 0.15) is 29.6 Å². The molecule has 2 unspecified atom stereocenters. The molecule has 1 aromatic rings. The first-order valence-electron chi connectivity index (χ1n) is 6.39. The molecule has 1 saturated carbocycles. The Morgan fingerprint density at radius 3 is 2.35 bits per heavy atom. The zero-order valence-electron chi connectivity index (χ0n) is 10.5. The van der Waals surface area contributed by atoms with Crippen LogP contribution in [0.2, 0.25) is 0 Å². The Morgan fingerprint density at radius 1 is 1.20 bits per heavy atom. The van der Waals surface area contributed by atoms with E-state index in [4.69, 9.17) is 5.11 Å². The number of anilines is 1. The van der Waals surface area contributed by atoms with Gasteiger partial charge in [0.25, 0.3) is 0 Å². The first-order chi connectivity index (χ1) is 9.49. The van der Waals surface area contributed by atoms with E-state index >= 15 is 0 Å². The van der Waals surface area contributed by atoms with E-state index in [0.29, 0.717) is 19.3 Å². The highest BCUT2D eigenvalue weighted by Gasteiger charge is 2.46. The molecule has 104 valence electrons. The van der Waals surface area contributed by atoms with Crippen LogP contribution in [0, 0.1) is 17.7 Å². The maximum absolute atomic E-state index is 13.2. The van der Waals surface area contributed by atoms with Crippen LogP contribution in [0.3, 0.4) is 0 Å². The quantitative estimate of drug-likeness (QED) is 0.837. The summed E-state index contributed by atoms with van der Waals surface area (Å²) in [6.45, 7) is 0. The van der Waals surface area contributed by atoms with Crippen molar-refractivity contribution in [1.29, 1.82) is 0 Å². The van der Waals surface area contributed by atoms with Crippen LogP contribution in [-0.2, 0) is 9.59 Å². The molecule has 1 N–H and O–H groups in total. The van der Waals surface area contributed by atoms with Crippen LogP contribution in [0.5, 0.6) is 0 Å². The van der Waals surface area contributed by atoms with E-state index in [1.165, 1.54) is 6.07 Å². The predicted molar refractivity (Wildman–Crippen MR) is 66.7 cm³/mol. The highest BCUT2D eigenvalue weighted by Crippen LogP contribution is 2.40. The van der Waals surface area contributed by atoms with E-state index in [9.17, 15) is 18.8 Å². The molecule has 2 fully saturated rings. The summed E-state index contributed by atoms with van der Waals surface area (Å²) in [5.74, 6) is -3.30. The van der Waals surface area contributed by atoms with Gasteiger partial charge in [0.1, 0.15) is 5.82 Å². The molecule has 20 heavy (non-hydrogen) atoms. The fraction of sp³-hybridized carbons (Fsp3) is 0.357. The van der Waals surface area contributed by atoms with Crippen LogP contribution in [0.4, 0.5) is 10.1 Å². The van der Waals surface area contributed by atoms with Gasteiger partial charge < -0.3 is 5.11 Å². The maximum Gasteiger partial charge on any atom is 0.337 e. The summed E-state index contributed by atoms with van der Waals surface area (Å²) >= 11 is 0. The number of hydrogen-bond acceptors (Lipinski definition) is 3. The standard InChI is InChI=1S/C14H12FNO4/c15-9-3-4-11(10(6-9)14(19)20)16-12(17)7-1-2-8(5-7)13(16)18/h3-4,6-8H,1-2,5H2,(H,19,20). The second-order valence-electron chi connectivity index (χ2n) is 5.19. The molecule has 0 radical (unpaired) electrons. The second kappa shape index (κ2) is 4.40. The van der Waals surface area contributed by atoms with Gasteiger partial charge >= 0.3 is 5.97 Å². The normalized spacial score (nSPS) is 25.1. The minimum Gasteiger partial charge on any atom is -0.478 e. The Morgan fingerprint density at radius 2 is 1.80 bits per heavy atom. The number of benzene rings is 1. The molecule has 2 atom stereocenters. The van der Waals surface area contributed by atoms with Gasteiger partial charge in [-0.3, -0.25) is 9.59 Å². The lowest BCUT2D eigenvalue weighted by Crippen LogP contribution is -2.47. The third-order valence-electron chi connectivity index (χ3n) is 4.00. The van der Waals surface area contributed by atoms with Crippen molar-refractivity contribution in [3.8, 4) is 0 Å². The fourth-order valence-electron chi connectivity index (χ4n) is 3.02. The van der Waals surface area contributed by atoms with E-state index in [1.807, 2.05) is 0 Å². The Hall–Kier alpha value is -2.24. The van der Waals surface area contributed by atoms with E-state index in [-0.39, 0.29) is 34.9 Å². The van der Waals surface area contributed by atoms with Crippen molar-refractivity contribution in [2.24, 2.45) is 11.8 Å². The van der Waals surface area contributed by atoms with Gasteiger partial charge in [-0.2, -0.15) is 0 Å². The van der Waals surface area contributed by atoms with E-state index in [2.05, 4.69) is 0 Å². The average molecular weight is 277 g/mol. The van der Waals surface area contributed by atoms with Crippen LogP contribution < -0.4 is 4.90 Å². The molecule has 1 heterocycles. The van der Waals surface area contributed by atoms with Crippen molar-refractivity contribution in [1.82, 2.24) is 0 Å². The van der Waals surface area contributed by atoms with Crippen LogP contribution in [-0.4, -0.2) is 22.9 Å². The van der Waals surface area contributed by atoms with Gasteiger partial charge in [-0.15, -0.1) is 0 Å². The second-order valence-corrected chi connectivity index (χ2v) is 5.19. The molecular weight excluding hydrogens is 265 g/mol. The van der Waals surface area contributed by atoms with Gasteiger partial charge in [-0.1, -0.05) is 0 Å².